The molecule has 1 amide bonds. The van der Waals surface area contributed by atoms with Gasteiger partial charge < -0.3 is 15.2 Å². The van der Waals surface area contributed by atoms with Crippen molar-refractivity contribution in [3.63, 3.8) is 0 Å². The van der Waals surface area contributed by atoms with E-state index in [1.165, 1.54) is 43.5 Å². The fourth-order valence-electron chi connectivity index (χ4n) is 3.00. The average Bonchev–Trinajstić information content (AvgIpc) is 2.73. The summed E-state index contributed by atoms with van der Waals surface area (Å²) < 4.78 is 18.0. The van der Waals surface area contributed by atoms with Crippen molar-refractivity contribution in [2.45, 2.75) is 6.92 Å². The molecule has 0 aromatic heterocycles. The topological polar surface area (TPSA) is 92.7 Å². The average molecular weight is 407 g/mol. The lowest BCUT2D eigenvalue weighted by molar-refractivity contribution is 0.0601. The fraction of sp³-hybridized carbons (Fsp3) is 0.0870. The zero-order chi connectivity index (χ0) is 21.8. The number of aryl methyl sites for hydroxylation is 1. The van der Waals surface area contributed by atoms with Crippen LogP contribution in [-0.2, 0) is 4.74 Å². The number of aromatic carboxylic acids is 1. The van der Waals surface area contributed by atoms with Gasteiger partial charge in [-0.2, -0.15) is 0 Å². The first kappa shape index (κ1) is 20.7. The van der Waals surface area contributed by atoms with Crippen LogP contribution in [0.1, 0.15) is 36.6 Å². The first-order valence-corrected chi connectivity index (χ1v) is 8.93. The lowest BCUT2D eigenvalue weighted by Gasteiger charge is -2.13. The van der Waals surface area contributed by atoms with Crippen LogP contribution in [0.3, 0.4) is 0 Å². The number of anilines is 1. The summed E-state index contributed by atoms with van der Waals surface area (Å²) in [6.07, 6.45) is 0. The Balaban J connectivity index is 1.99. The maximum Gasteiger partial charge on any atom is 0.339 e. The monoisotopic (exact) mass is 407 g/mol. The van der Waals surface area contributed by atoms with E-state index >= 15 is 0 Å². The van der Waals surface area contributed by atoms with Gasteiger partial charge in [-0.05, 0) is 66.1 Å². The summed E-state index contributed by atoms with van der Waals surface area (Å²) in [5, 5.41) is 11.8. The van der Waals surface area contributed by atoms with Crippen LogP contribution in [0.4, 0.5) is 10.1 Å². The number of hydrogen-bond acceptors (Lipinski definition) is 4. The standard InChI is InChI=1S/C23H18FNO5/c1-13-11-16(22(27)28)6-9-18(13)21(26)25-20-12-15(5-10-19(20)23(29)30-2)14-3-7-17(24)8-4-14/h3-12H,1-2H3,(H,25,26)(H,27,28). The molecule has 0 atom stereocenters. The van der Waals surface area contributed by atoms with Crippen molar-refractivity contribution in [3.05, 3.63) is 88.7 Å². The van der Waals surface area contributed by atoms with Crippen LogP contribution >= 0.6 is 0 Å². The van der Waals surface area contributed by atoms with Crippen molar-refractivity contribution in [1.82, 2.24) is 0 Å². The van der Waals surface area contributed by atoms with Crippen molar-refractivity contribution < 1.29 is 28.6 Å². The van der Waals surface area contributed by atoms with Crippen molar-refractivity contribution in [3.8, 4) is 11.1 Å². The third-order valence-corrected chi connectivity index (χ3v) is 4.57. The van der Waals surface area contributed by atoms with Crippen LogP contribution in [0.15, 0.2) is 60.7 Å². The van der Waals surface area contributed by atoms with Gasteiger partial charge in [0.15, 0.2) is 0 Å². The lowest BCUT2D eigenvalue weighted by atomic mass is 10.0. The molecule has 0 aliphatic rings. The minimum absolute atomic E-state index is 0.0672. The fourth-order valence-corrected chi connectivity index (χ4v) is 3.00. The normalized spacial score (nSPS) is 10.4. The highest BCUT2D eigenvalue weighted by atomic mass is 19.1. The van der Waals surface area contributed by atoms with E-state index in [1.54, 1.807) is 31.2 Å². The molecule has 2 N–H and O–H groups in total. The van der Waals surface area contributed by atoms with Gasteiger partial charge in [0.1, 0.15) is 5.82 Å². The molecule has 0 heterocycles. The Labute approximate surface area is 171 Å². The van der Waals surface area contributed by atoms with E-state index in [1.807, 2.05) is 0 Å². The Morgan fingerprint density at radius 3 is 2.13 bits per heavy atom. The van der Waals surface area contributed by atoms with Crippen LogP contribution in [0, 0.1) is 12.7 Å². The number of carbonyl (C=O) groups is 3. The second kappa shape index (κ2) is 8.57. The molecule has 7 heteroatoms. The van der Waals surface area contributed by atoms with E-state index in [2.05, 4.69) is 5.32 Å². The number of amides is 1. The number of esters is 1. The molecule has 0 saturated carbocycles. The third-order valence-electron chi connectivity index (χ3n) is 4.57. The SMILES string of the molecule is COC(=O)c1ccc(-c2ccc(F)cc2)cc1NC(=O)c1ccc(C(=O)O)cc1C. The molecule has 0 aliphatic heterocycles. The van der Waals surface area contributed by atoms with Gasteiger partial charge in [-0.25, -0.2) is 14.0 Å². The van der Waals surface area contributed by atoms with Crippen LogP contribution in [0.5, 0.6) is 0 Å². The number of rotatable bonds is 5. The van der Waals surface area contributed by atoms with Gasteiger partial charge in [-0.1, -0.05) is 18.2 Å². The van der Waals surface area contributed by atoms with Gasteiger partial charge in [0.2, 0.25) is 0 Å². The smallest absolute Gasteiger partial charge is 0.339 e. The highest BCUT2D eigenvalue weighted by Gasteiger charge is 2.18. The molecule has 0 fully saturated rings. The summed E-state index contributed by atoms with van der Waals surface area (Å²) in [6, 6.07) is 14.7. The summed E-state index contributed by atoms with van der Waals surface area (Å²) in [4.78, 5) is 36.1. The number of ether oxygens (including phenoxy) is 1. The second-order valence-corrected chi connectivity index (χ2v) is 6.55. The Kier molecular flexibility index (Phi) is 5.92. The van der Waals surface area contributed by atoms with Gasteiger partial charge in [0.05, 0.1) is 23.9 Å². The minimum Gasteiger partial charge on any atom is -0.478 e. The van der Waals surface area contributed by atoms with Crippen molar-refractivity contribution in [2.75, 3.05) is 12.4 Å². The molecule has 0 bridgehead atoms. The molecule has 0 radical (unpaired) electrons. The van der Waals surface area contributed by atoms with Crippen LogP contribution in [0.25, 0.3) is 11.1 Å². The molecule has 30 heavy (non-hydrogen) atoms. The maximum atomic E-state index is 13.2. The molecular weight excluding hydrogens is 389 g/mol. The molecule has 0 spiro atoms. The molecule has 152 valence electrons. The van der Waals surface area contributed by atoms with E-state index in [9.17, 15) is 18.8 Å². The van der Waals surface area contributed by atoms with E-state index in [0.717, 1.165) is 0 Å². The third kappa shape index (κ3) is 4.35. The zero-order valence-electron chi connectivity index (χ0n) is 16.2. The van der Waals surface area contributed by atoms with Gasteiger partial charge in [-0.3, -0.25) is 4.79 Å². The van der Waals surface area contributed by atoms with E-state index in [0.29, 0.717) is 16.7 Å². The highest BCUT2D eigenvalue weighted by Crippen LogP contribution is 2.27. The van der Waals surface area contributed by atoms with Crippen LogP contribution in [0.2, 0.25) is 0 Å². The maximum absolute atomic E-state index is 13.2. The number of benzene rings is 3. The first-order chi connectivity index (χ1) is 14.3. The molecular formula is C23H18FNO5. The molecule has 3 aromatic rings. The summed E-state index contributed by atoms with van der Waals surface area (Å²) in [7, 11) is 1.23. The molecule has 0 aliphatic carbocycles. The van der Waals surface area contributed by atoms with Gasteiger partial charge >= 0.3 is 11.9 Å². The van der Waals surface area contributed by atoms with Gasteiger partial charge in [0.25, 0.3) is 5.91 Å². The first-order valence-electron chi connectivity index (χ1n) is 8.93. The summed E-state index contributed by atoms with van der Waals surface area (Å²) >= 11 is 0. The number of methoxy groups -OCH3 is 1. The highest BCUT2D eigenvalue weighted by molar-refractivity contribution is 6.09. The molecule has 3 rings (SSSR count). The largest absolute Gasteiger partial charge is 0.478 e. The number of halogens is 1. The van der Waals surface area contributed by atoms with Crippen molar-refractivity contribution in [1.29, 1.82) is 0 Å². The van der Waals surface area contributed by atoms with Gasteiger partial charge in [-0.15, -0.1) is 0 Å². The number of carbonyl (C=O) groups excluding carboxylic acids is 2. The van der Waals surface area contributed by atoms with E-state index in [-0.39, 0.29) is 28.2 Å². The lowest BCUT2D eigenvalue weighted by Crippen LogP contribution is -2.17. The Morgan fingerprint density at radius 1 is 0.900 bits per heavy atom. The zero-order valence-corrected chi connectivity index (χ0v) is 16.2. The van der Waals surface area contributed by atoms with Crippen LogP contribution < -0.4 is 5.32 Å². The van der Waals surface area contributed by atoms with Crippen molar-refractivity contribution in [2.24, 2.45) is 0 Å². The number of carboxylic acids is 1. The summed E-state index contributed by atoms with van der Waals surface area (Å²) in [5.74, 6) is -2.61. The minimum atomic E-state index is -1.09. The van der Waals surface area contributed by atoms with E-state index < -0.39 is 17.8 Å². The van der Waals surface area contributed by atoms with Gasteiger partial charge in [0, 0.05) is 5.56 Å². The van der Waals surface area contributed by atoms with E-state index in [4.69, 9.17) is 9.84 Å². The number of carboxylic acid groups (broad SMARTS) is 1. The second-order valence-electron chi connectivity index (χ2n) is 6.55. The predicted molar refractivity (Wildman–Crippen MR) is 109 cm³/mol. The summed E-state index contributed by atoms with van der Waals surface area (Å²) in [6.45, 7) is 1.62. The molecule has 6 nitrogen and oxygen atoms in total. The molecule has 3 aromatic carbocycles. The Bertz CT molecular complexity index is 1140. The Morgan fingerprint density at radius 2 is 1.53 bits per heavy atom. The molecule has 0 saturated heterocycles. The van der Waals surface area contributed by atoms with Crippen molar-refractivity contribution >= 4 is 23.5 Å². The number of hydrogen-bond donors (Lipinski definition) is 2. The van der Waals surface area contributed by atoms with Crippen LogP contribution in [-0.4, -0.2) is 30.1 Å². The number of nitrogens with one attached hydrogen (secondary N) is 1. The predicted octanol–water partition coefficient (Wildman–Crippen LogP) is 4.54. The summed E-state index contributed by atoms with van der Waals surface area (Å²) in [5.41, 5.74) is 2.54. The Hall–Kier alpha value is -4.00. The quantitative estimate of drug-likeness (QED) is 0.606. The molecule has 0 unspecified atom stereocenters.